The number of rotatable bonds is 10. The number of hydrogen-bond acceptors (Lipinski definition) is 10. The minimum Gasteiger partial charge on any atom is -0.481 e. The van der Waals surface area contributed by atoms with Crippen molar-refractivity contribution in [1.82, 2.24) is 19.7 Å². The maximum Gasteiger partial charge on any atom is 0.305 e. The van der Waals surface area contributed by atoms with Gasteiger partial charge in [-0.3, -0.25) is 14.6 Å². The standard InChI is InChI=1S/C24H17ClN6O4S2/c25-16-1-3-21(18(11-16)14-5-7-27-19(10-14)23(34)28-8-6-22(32)33)35-20-4-2-17(9-15(20)12-26)36-31-24-29-13-30-37-24/h1-5,7,9-11,13H,6,8H2,(H,28,34)(H,32,33)(H,29,30,31). The number of carboxylic acid groups (broad SMARTS) is 1. The molecule has 1 amide bonds. The first-order valence-corrected chi connectivity index (χ1v) is 12.6. The largest absolute Gasteiger partial charge is 0.481 e. The number of hydrogen-bond donors (Lipinski definition) is 3. The molecule has 13 heteroatoms. The summed E-state index contributed by atoms with van der Waals surface area (Å²) in [7, 11) is 0. The zero-order chi connectivity index (χ0) is 26.2. The number of pyridine rings is 1. The van der Waals surface area contributed by atoms with Crippen molar-refractivity contribution < 1.29 is 19.4 Å². The fourth-order valence-electron chi connectivity index (χ4n) is 3.10. The number of benzene rings is 2. The molecule has 0 radical (unpaired) electrons. The van der Waals surface area contributed by atoms with E-state index in [0.717, 1.165) is 4.90 Å². The molecule has 0 spiro atoms. The average Bonchev–Trinajstić information content (AvgIpc) is 3.42. The second kappa shape index (κ2) is 12.2. The number of aromatic nitrogens is 3. The number of nitrogens with one attached hydrogen (secondary N) is 2. The third kappa shape index (κ3) is 6.95. The maximum absolute atomic E-state index is 12.4. The van der Waals surface area contributed by atoms with Gasteiger partial charge in [-0.1, -0.05) is 11.6 Å². The Morgan fingerprint density at radius 2 is 1.97 bits per heavy atom. The van der Waals surface area contributed by atoms with Crippen LogP contribution in [0.15, 0.2) is 66.0 Å². The fraction of sp³-hybridized carbons (Fsp3) is 0.0833. The number of anilines is 1. The van der Waals surface area contributed by atoms with Crippen molar-refractivity contribution >= 4 is 52.1 Å². The smallest absolute Gasteiger partial charge is 0.305 e. The van der Waals surface area contributed by atoms with Gasteiger partial charge in [0.2, 0.25) is 5.13 Å². The topological polar surface area (TPSA) is 150 Å². The lowest BCUT2D eigenvalue weighted by molar-refractivity contribution is -0.136. The number of carbonyl (C=O) groups is 2. The van der Waals surface area contributed by atoms with Crippen LogP contribution in [0.5, 0.6) is 11.5 Å². The molecule has 37 heavy (non-hydrogen) atoms. The van der Waals surface area contributed by atoms with Crippen LogP contribution < -0.4 is 14.8 Å². The minimum absolute atomic E-state index is 0.0208. The number of nitriles is 1. The van der Waals surface area contributed by atoms with Crippen molar-refractivity contribution in [2.75, 3.05) is 11.3 Å². The zero-order valence-corrected chi connectivity index (χ0v) is 21.2. The fourth-order valence-corrected chi connectivity index (χ4v) is 4.41. The third-order valence-corrected chi connectivity index (χ3v) is 6.51. The summed E-state index contributed by atoms with van der Waals surface area (Å²) >= 11 is 8.76. The van der Waals surface area contributed by atoms with Crippen molar-refractivity contribution in [2.45, 2.75) is 11.3 Å². The lowest BCUT2D eigenvalue weighted by atomic mass is 10.0. The van der Waals surface area contributed by atoms with E-state index in [-0.39, 0.29) is 18.7 Å². The van der Waals surface area contributed by atoms with E-state index >= 15 is 0 Å². The normalized spacial score (nSPS) is 10.4. The van der Waals surface area contributed by atoms with Gasteiger partial charge in [0.1, 0.15) is 29.6 Å². The number of halogens is 1. The lowest BCUT2D eigenvalue weighted by Crippen LogP contribution is -2.26. The Morgan fingerprint density at radius 1 is 1.14 bits per heavy atom. The molecule has 10 nitrogen and oxygen atoms in total. The van der Waals surface area contributed by atoms with Gasteiger partial charge in [0.05, 0.1) is 12.0 Å². The summed E-state index contributed by atoms with van der Waals surface area (Å²) in [6, 6.07) is 15.6. The Morgan fingerprint density at radius 3 is 2.73 bits per heavy atom. The van der Waals surface area contributed by atoms with Gasteiger partial charge in [-0.2, -0.15) is 9.64 Å². The molecule has 0 fully saturated rings. The molecule has 0 aliphatic heterocycles. The predicted molar refractivity (Wildman–Crippen MR) is 140 cm³/mol. The molecule has 0 saturated carbocycles. The van der Waals surface area contributed by atoms with Gasteiger partial charge < -0.3 is 19.9 Å². The summed E-state index contributed by atoms with van der Waals surface area (Å²) in [5, 5.41) is 22.1. The van der Waals surface area contributed by atoms with Crippen LogP contribution in [0.4, 0.5) is 5.13 Å². The molecular formula is C24H17ClN6O4S2. The van der Waals surface area contributed by atoms with Gasteiger partial charge in [0.15, 0.2) is 0 Å². The number of aliphatic carboxylic acids is 1. The van der Waals surface area contributed by atoms with Crippen LogP contribution in [0.1, 0.15) is 22.5 Å². The molecule has 0 atom stereocenters. The molecule has 2 heterocycles. The number of amides is 1. The van der Waals surface area contributed by atoms with Crippen LogP contribution in [0.2, 0.25) is 5.02 Å². The molecular weight excluding hydrogens is 536 g/mol. The molecule has 0 aliphatic carbocycles. The second-order valence-corrected chi connectivity index (χ2v) is 9.39. The highest BCUT2D eigenvalue weighted by Crippen LogP contribution is 2.37. The molecule has 0 saturated heterocycles. The second-order valence-electron chi connectivity index (χ2n) is 7.29. The summed E-state index contributed by atoms with van der Waals surface area (Å²) in [6.07, 6.45) is 2.71. The molecule has 0 aliphatic rings. The van der Waals surface area contributed by atoms with E-state index in [1.165, 1.54) is 36.0 Å². The van der Waals surface area contributed by atoms with Crippen molar-refractivity contribution in [1.29, 1.82) is 5.26 Å². The molecule has 4 rings (SSSR count). The monoisotopic (exact) mass is 552 g/mol. The van der Waals surface area contributed by atoms with Crippen LogP contribution >= 0.6 is 35.1 Å². The highest BCUT2D eigenvalue weighted by atomic mass is 35.5. The highest BCUT2D eigenvalue weighted by Gasteiger charge is 2.15. The minimum atomic E-state index is -1.01. The van der Waals surface area contributed by atoms with Crippen LogP contribution in [0.3, 0.4) is 0 Å². The van der Waals surface area contributed by atoms with E-state index in [1.54, 1.807) is 48.5 Å². The van der Waals surface area contributed by atoms with Crippen molar-refractivity contribution in [3.63, 3.8) is 0 Å². The van der Waals surface area contributed by atoms with Crippen LogP contribution in [0.25, 0.3) is 11.1 Å². The third-order valence-electron chi connectivity index (χ3n) is 4.78. The van der Waals surface area contributed by atoms with E-state index in [0.29, 0.717) is 38.3 Å². The van der Waals surface area contributed by atoms with Crippen LogP contribution in [0, 0.1) is 11.3 Å². The Labute approximate surface area is 224 Å². The lowest BCUT2D eigenvalue weighted by Gasteiger charge is -2.14. The average molecular weight is 553 g/mol. The van der Waals surface area contributed by atoms with E-state index in [2.05, 4.69) is 30.4 Å². The quantitative estimate of drug-likeness (QED) is 0.223. The number of nitrogens with zero attached hydrogens (tertiary/aromatic N) is 4. The first-order chi connectivity index (χ1) is 17.9. The van der Waals surface area contributed by atoms with Crippen LogP contribution in [-0.2, 0) is 4.79 Å². The Bertz CT molecular complexity index is 1480. The van der Waals surface area contributed by atoms with Gasteiger partial charge in [-0.15, -0.1) is 0 Å². The molecule has 2 aromatic heterocycles. The highest BCUT2D eigenvalue weighted by molar-refractivity contribution is 8.00. The Balaban J connectivity index is 1.57. The summed E-state index contributed by atoms with van der Waals surface area (Å²) < 4.78 is 13.1. The SMILES string of the molecule is N#Cc1cc(SNc2ncns2)ccc1Oc1ccc(Cl)cc1-c1ccnc(C(=O)NCCC(=O)O)c1. The van der Waals surface area contributed by atoms with Gasteiger partial charge in [0.25, 0.3) is 5.91 Å². The Hall–Kier alpha value is -4.18. The van der Waals surface area contributed by atoms with Gasteiger partial charge in [-0.25, -0.2) is 4.98 Å². The summed E-state index contributed by atoms with van der Waals surface area (Å²) in [5.74, 6) is -0.766. The van der Waals surface area contributed by atoms with E-state index in [4.69, 9.17) is 21.4 Å². The van der Waals surface area contributed by atoms with Crippen molar-refractivity contribution in [2.24, 2.45) is 0 Å². The summed E-state index contributed by atoms with van der Waals surface area (Å²) in [6.45, 7) is -0.0208. The molecule has 2 aromatic carbocycles. The van der Waals surface area contributed by atoms with Gasteiger partial charge >= 0.3 is 5.97 Å². The number of carboxylic acids is 1. The number of carbonyl (C=O) groups excluding carboxylic acids is 1. The van der Waals surface area contributed by atoms with Gasteiger partial charge in [-0.05, 0) is 66.0 Å². The molecule has 0 bridgehead atoms. The Kier molecular flexibility index (Phi) is 8.52. The van der Waals surface area contributed by atoms with E-state index in [1.807, 2.05) is 0 Å². The van der Waals surface area contributed by atoms with E-state index in [9.17, 15) is 14.9 Å². The summed E-state index contributed by atoms with van der Waals surface area (Å²) in [5.41, 5.74) is 1.60. The first kappa shape index (κ1) is 25.9. The van der Waals surface area contributed by atoms with Crippen molar-refractivity contribution in [3.8, 4) is 28.7 Å². The zero-order valence-electron chi connectivity index (χ0n) is 18.8. The predicted octanol–water partition coefficient (Wildman–Crippen LogP) is 5.24. The molecule has 186 valence electrons. The van der Waals surface area contributed by atoms with E-state index < -0.39 is 11.9 Å². The molecule has 0 unspecified atom stereocenters. The molecule has 3 N–H and O–H groups in total. The van der Waals surface area contributed by atoms with Crippen molar-refractivity contribution in [3.05, 3.63) is 77.3 Å². The van der Waals surface area contributed by atoms with Gasteiger partial charge in [0, 0.05) is 39.8 Å². The first-order valence-electron chi connectivity index (χ1n) is 10.6. The molecule has 4 aromatic rings. The van der Waals surface area contributed by atoms with Crippen LogP contribution in [-0.4, -0.2) is 37.9 Å². The summed E-state index contributed by atoms with van der Waals surface area (Å²) in [4.78, 5) is 32.0. The maximum atomic E-state index is 12.4. The number of ether oxygens (including phenoxy) is 1.